The fourth-order valence-electron chi connectivity index (χ4n) is 2.95. The number of anilines is 1. The summed E-state index contributed by atoms with van der Waals surface area (Å²) < 4.78 is 7.27. The fraction of sp³-hybridized carbons (Fsp3) is 0.438. The fourth-order valence-corrected chi connectivity index (χ4v) is 2.95. The predicted molar refractivity (Wildman–Crippen MR) is 83.2 cm³/mol. The van der Waals surface area contributed by atoms with Gasteiger partial charge in [0, 0.05) is 0 Å². The lowest BCUT2D eigenvalue weighted by molar-refractivity contribution is -0.117. The van der Waals surface area contributed by atoms with Crippen LogP contribution < -0.4 is 10.1 Å². The Balaban J connectivity index is 2.13. The molecule has 3 rings (SSSR count). The van der Waals surface area contributed by atoms with Gasteiger partial charge in [-0.2, -0.15) is 10.1 Å². The van der Waals surface area contributed by atoms with Gasteiger partial charge >= 0.3 is 0 Å². The van der Waals surface area contributed by atoms with Gasteiger partial charge in [0.2, 0.25) is 11.9 Å². The number of carbonyl (C=O) groups is 1. The maximum Gasteiger partial charge on any atom is 0.229 e. The van der Waals surface area contributed by atoms with Gasteiger partial charge in [0.15, 0.2) is 0 Å². The van der Waals surface area contributed by atoms with Crippen LogP contribution in [0.3, 0.4) is 0 Å². The van der Waals surface area contributed by atoms with Crippen LogP contribution in [0.2, 0.25) is 0 Å². The van der Waals surface area contributed by atoms with Crippen molar-refractivity contribution >= 4 is 11.9 Å². The van der Waals surface area contributed by atoms with E-state index in [9.17, 15) is 4.79 Å². The number of hydrogen-bond donors (Lipinski definition) is 1. The van der Waals surface area contributed by atoms with Crippen LogP contribution in [-0.2, 0) is 4.79 Å². The van der Waals surface area contributed by atoms with Crippen LogP contribution in [-0.4, -0.2) is 27.8 Å². The van der Waals surface area contributed by atoms with Crippen molar-refractivity contribution in [3.05, 3.63) is 35.2 Å². The van der Waals surface area contributed by atoms with Crippen molar-refractivity contribution in [3.8, 4) is 5.75 Å². The van der Waals surface area contributed by atoms with E-state index in [4.69, 9.17) is 4.74 Å². The minimum absolute atomic E-state index is 0.0354. The topological polar surface area (TPSA) is 69.0 Å². The standard InChI is InChI=1S/C16H20N4O2/c1-9(2)11-6-12(10(3)5-14(11)22-4)13-7-15(21)19-16-17-8-18-20(13)16/h5-6,8-9,13H,7H2,1-4H3,(H,17,18,19,21)/t13-/m0/s1. The zero-order valence-corrected chi connectivity index (χ0v) is 13.3. The molecule has 0 spiro atoms. The maximum atomic E-state index is 11.9. The summed E-state index contributed by atoms with van der Waals surface area (Å²) in [5, 5.41) is 7.01. The van der Waals surface area contributed by atoms with E-state index in [1.165, 1.54) is 6.33 Å². The van der Waals surface area contributed by atoms with Gasteiger partial charge in [-0.25, -0.2) is 4.68 Å². The molecule has 22 heavy (non-hydrogen) atoms. The van der Waals surface area contributed by atoms with E-state index in [1.807, 2.05) is 13.0 Å². The molecule has 0 bridgehead atoms. The highest BCUT2D eigenvalue weighted by Crippen LogP contribution is 2.36. The van der Waals surface area contributed by atoms with Crippen LogP contribution in [0, 0.1) is 6.92 Å². The van der Waals surface area contributed by atoms with Crippen molar-refractivity contribution in [2.45, 2.75) is 39.2 Å². The Morgan fingerprint density at radius 1 is 1.41 bits per heavy atom. The van der Waals surface area contributed by atoms with E-state index >= 15 is 0 Å². The van der Waals surface area contributed by atoms with Crippen LogP contribution in [0.5, 0.6) is 5.75 Å². The summed E-state index contributed by atoms with van der Waals surface area (Å²) in [7, 11) is 1.68. The number of amides is 1. The number of ether oxygens (including phenoxy) is 1. The first-order valence-electron chi connectivity index (χ1n) is 7.39. The lowest BCUT2D eigenvalue weighted by Gasteiger charge is -2.26. The maximum absolute atomic E-state index is 11.9. The Morgan fingerprint density at radius 3 is 2.86 bits per heavy atom. The molecular formula is C16H20N4O2. The molecule has 0 radical (unpaired) electrons. The van der Waals surface area contributed by atoms with E-state index in [-0.39, 0.29) is 11.9 Å². The Morgan fingerprint density at radius 2 is 2.18 bits per heavy atom. The minimum atomic E-state index is -0.130. The van der Waals surface area contributed by atoms with Crippen molar-refractivity contribution < 1.29 is 9.53 Å². The van der Waals surface area contributed by atoms with Crippen molar-refractivity contribution in [1.82, 2.24) is 14.8 Å². The zero-order valence-electron chi connectivity index (χ0n) is 13.3. The van der Waals surface area contributed by atoms with E-state index < -0.39 is 0 Å². The number of hydrogen-bond acceptors (Lipinski definition) is 4. The average Bonchev–Trinajstić information content (AvgIpc) is 2.93. The smallest absolute Gasteiger partial charge is 0.229 e. The zero-order chi connectivity index (χ0) is 15.9. The molecule has 1 aliphatic heterocycles. The normalized spacial score (nSPS) is 17.3. The Hall–Kier alpha value is -2.37. The molecule has 2 aromatic rings. The third-order valence-corrected chi connectivity index (χ3v) is 4.10. The van der Waals surface area contributed by atoms with Gasteiger partial charge in [-0.15, -0.1) is 0 Å². The Labute approximate surface area is 129 Å². The number of rotatable bonds is 3. The summed E-state index contributed by atoms with van der Waals surface area (Å²) in [4.78, 5) is 16.0. The largest absolute Gasteiger partial charge is 0.496 e. The third-order valence-electron chi connectivity index (χ3n) is 4.10. The summed E-state index contributed by atoms with van der Waals surface area (Å²) in [5.74, 6) is 1.69. The van der Waals surface area contributed by atoms with E-state index in [2.05, 4.69) is 35.3 Å². The second-order valence-electron chi connectivity index (χ2n) is 5.90. The van der Waals surface area contributed by atoms with Gasteiger partial charge in [-0.3, -0.25) is 10.1 Å². The van der Waals surface area contributed by atoms with Crippen molar-refractivity contribution in [2.75, 3.05) is 12.4 Å². The molecule has 0 aliphatic carbocycles. The minimum Gasteiger partial charge on any atom is -0.496 e. The lowest BCUT2D eigenvalue weighted by atomic mass is 9.91. The highest BCUT2D eigenvalue weighted by Gasteiger charge is 2.29. The van der Waals surface area contributed by atoms with E-state index in [0.717, 1.165) is 22.4 Å². The summed E-state index contributed by atoms with van der Waals surface area (Å²) in [6.45, 7) is 6.29. The number of methoxy groups -OCH3 is 1. The van der Waals surface area contributed by atoms with Gasteiger partial charge in [0.25, 0.3) is 0 Å². The van der Waals surface area contributed by atoms with Gasteiger partial charge in [-0.1, -0.05) is 13.8 Å². The number of nitrogens with zero attached hydrogens (tertiary/aromatic N) is 3. The molecule has 0 saturated heterocycles. The molecule has 6 heteroatoms. The molecule has 2 heterocycles. The first kappa shape index (κ1) is 14.6. The monoisotopic (exact) mass is 300 g/mol. The van der Waals surface area contributed by atoms with Crippen LogP contribution in [0.4, 0.5) is 5.95 Å². The predicted octanol–water partition coefficient (Wildman–Crippen LogP) is 2.65. The van der Waals surface area contributed by atoms with Gasteiger partial charge in [0.05, 0.1) is 19.6 Å². The van der Waals surface area contributed by atoms with Gasteiger partial charge in [-0.05, 0) is 41.7 Å². The average molecular weight is 300 g/mol. The highest BCUT2D eigenvalue weighted by atomic mass is 16.5. The molecule has 0 saturated carbocycles. The molecule has 0 unspecified atom stereocenters. The second kappa shape index (κ2) is 5.44. The molecular weight excluding hydrogens is 280 g/mol. The van der Waals surface area contributed by atoms with Gasteiger partial charge < -0.3 is 4.74 Å². The number of aromatic nitrogens is 3. The number of fused-ring (bicyclic) bond motifs is 1. The van der Waals surface area contributed by atoms with Gasteiger partial charge in [0.1, 0.15) is 12.1 Å². The third kappa shape index (κ3) is 2.34. The SMILES string of the molecule is COc1cc(C)c([C@@H]2CC(=O)Nc3ncnn32)cc1C(C)C. The summed E-state index contributed by atoms with van der Waals surface area (Å²) in [6.07, 6.45) is 1.83. The Bertz CT molecular complexity index is 721. The molecule has 0 fully saturated rings. The first-order chi connectivity index (χ1) is 10.5. The second-order valence-corrected chi connectivity index (χ2v) is 5.90. The number of carbonyl (C=O) groups excluding carboxylic acids is 1. The van der Waals surface area contributed by atoms with Crippen molar-refractivity contribution in [3.63, 3.8) is 0 Å². The molecule has 1 atom stereocenters. The van der Waals surface area contributed by atoms with Crippen molar-refractivity contribution in [2.24, 2.45) is 0 Å². The Kier molecular flexibility index (Phi) is 3.60. The van der Waals surface area contributed by atoms with E-state index in [0.29, 0.717) is 18.3 Å². The molecule has 1 aromatic heterocycles. The molecule has 116 valence electrons. The van der Waals surface area contributed by atoms with Crippen LogP contribution >= 0.6 is 0 Å². The molecule has 1 aromatic carbocycles. The lowest BCUT2D eigenvalue weighted by Crippen LogP contribution is -2.29. The van der Waals surface area contributed by atoms with Crippen LogP contribution in [0.15, 0.2) is 18.5 Å². The molecule has 1 N–H and O–H groups in total. The summed E-state index contributed by atoms with van der Waals surface area (Å²) >= 11 is 0. The molecule has 6 nitrogen and oxygen atoms in total. The number of aryl methyl sites for hydroxylation is 1. The number of nitrogens with one attached hydrogen (secondary N) is 1. The summed E-state index contributed by atoms with van der Waals surface area (Å²) in [5.41, 5.74) is 3.31. The van der Waals surface area contributed by atoms with E-state index in [1.54, 1.807) is 11.8 Å². The van der Waals surface area contributed by atoms with Crippen molar-refractivity contribution in [1.29, 1.82) is 0 Å². The number of benzene rings is 1. The van der Waals surface area contributed by atoms with Crippen LogP contribution in [0.1, 0.15) is 48.9 Å². The molecule has 1 amide bonds. The summed E-state index contributed by atoms with van der Waals surface area (Å²) in [6, 6.07) is 4.04. The molecule has 1 aliphatic rings. The first-order valence-corrected chi connectivity index (χ1v) is 7.39. The highest BCUT2D eigenvalue weighted by molar-refractivity contribution is 5.91. The quantitative estimate of drug-likeness (QED) is 0.946. The van der Waals surface area contributed by atoms with Crippen LogP contribution in [0.25, 0.3) is 0 Å².